The number of hydrogen-bond donors (Lipinski definition) is 2. The summed E-state index contributed by atoms with van der Waals surface area (Å²) in [5.41, 5.74) is 2.98. The Morgan fingerprint density at radius 1 is 1.40 bits per heavy atom. The molecule has 1 amide bonds. The topological polar surface area (TPSA) is 74.6 Å². The summed E-state index contributed by atoms with van der Waals surface area (Å²) < 4.78 is 0. The van der Waals surface area contributed by atoms with Gasteiger partial charge < -0.3 is 5.11 Å². The van der Waals surface area contributed by atoms with Crippen LogP contribution in [0.1, 0.15) is 15.9 Å². The largest absolute Gasteiger partial charge is 0.506 e. The molecule has 0 fully saturated rings. The number of amides is 1. The Morgan fingerprint density at radius 3 is 2.90 bits per heavy atom. The van der Waals surface area contributed by atoms with Crippen LogP contribution in [-0.2, 0) is 0 Å². The molecule has 102 valence electrons. The number of hydrazone groups is 1. The van der Waals surface area contributed by atoms with Gasteiger partial charge in [0.2, 0.25) is 0 Å². The van der Waals surface area contributed by atoms with Crippen LogP contribution in [0.5, 0.6) is 5.75 Å². The molecule has 0 aliphatic carbocycles. The smallest absolute Gasteiger partial charge is 0.272 e. The van der Waals surface area contributed by atoms with E-state index in [-0.39, 0.29) is 10.8 Å². The van der Waals surface area contributed by atoms with Crippen LogP contribution < -0.4 is 5.43 Å². The van der Waals surface area contributed by atoms with Crippen LogP contribution in [0, 0.1) is 0 Å². The van der Waals surface area contributed by atoms with E-state index in [1.54, 1.807) is 18.3 Å². The molecule has 2 rings (SSSR count). The van der Waals surface area contributed by atoms with Gasteiger partial charge in [0.15, 0.2) is 0 Å². The van der Waals surface area contributed by atoms with Crippen molar-refractivity contribution >= 4 is 35.3 Å². The van der Waals surface area contributed by atoms with Gasteiger partial charge in [0.25, 0.3) is 5.91 Å². The molecule has 0 spiro atoms. The Balaban J connectivity index is 2.10. The van der Waals surface area contributed by atoms with Crippen LogP contribution in [0.4, 0.5) is 0 Å². The zero-order chi connectivity index (χ0) is 14.5. The highest BCUT2D eigenvalue weighted by atomic mass is 35.5. The molecule has 0 aliphatic rings. The number of benzene rings is 1. The predicted octanol–water partition coefficient (Wildman–Crippen LogP) is 2.86. The Morgan fingerprint density at radius 2 is 2.20 bits per heavy atom. The van der Waals surface area contributed by atoms with Gasteiger partial charge in [0, 0.05) is 23.0 Å². The Bertz CT molecular complexity index is 660. The number of aromatic nitrogens is 1. The van der Waals surface area contributed by atoms with Crippen molar-refractivity contribution in [1.82, 2.24) is 10.4 Å². The summed E-state index contributed by atoms with van der Waals surface area (Å²) in [6.45, 7) is 0. The maximum absolute atomic E-state index is 11.7. The van der Waals surface area contributed by atoms with E-state index in [0.717, 1.165) is 0 Å². The molecule has 1 aromatic carbocycles. The first-order valence-electron chi connectivity index (χ1n) is 5.49. The van der Waals surface area contributed by atoms with Crippen molar-refractivity contribution in [2.75, 3.05) is 0 Å². The lowest BCUT2D eigenvalue weighted by Crippen LogP contribution is -2.17. The summed E-state index contributed by atoms with van der Waals surface area (Å²) in [6, 6.07) is 6.12. The number of hydrogen-bond acceptors (Lipinski definition) is 4. The maximum atomic E-state index is 11.7. The van der Waals surface area contributed by atoms with Crippen molar-refractivity contribution < 1.29 is 9.90 Å². The molecule has 0 saturated carbocycles. The average molecular weight is 310 g/mol. The lowest BCUT2D eigenvalue weighted by Gasteiger charge is -2.02. The third-order valence-electron chi connectivity index (χ3n) is 2.35. The van der Waals surface area contributed by atoms with Crippen molar-refractivity contribution in [2.45, 2.75) is 0 Å². The zero-order valence-corrected chi connectivity index (χ0v) is 11.6. The summed E-state index contributed by atoms with van der Waals surface area (Å²) in [5, 5.41) is 13.9. The van der Waals surface area contributed by atoms with E-state index >= 15 is 0 Å². The number of phenols is 1. The summed E-state index contributed by atoms with van der Waals surface area (Å²) in [4.78, 5) is 15.5. The molecule has 0 unspecified atom stereocenters. The van der Waals surface area contributed by atoms with Gasteiger partial charge in [-0.05, 0) is 24.3 Å². The first kappa shape index (κ1) is 14.3. The molecule has 0 saturated heterocycles. The SMILES string of the molecule is O=C(N/N=C/c1cc(Cl)cc(Cl)c1O)c1cccnc1. The minimum Gasteiger partial charge on any atom is -0.506 e. The van der Waals surface area contributed by atoms with E-state index in [9.17, 15) is 9.90 Å². The highest BCUT2D eigenvalue weighted by Gasteiger charge is 2.06. The van der Waals surface area contributed by atoms with E-state index in [2.05, 4.69) is 15.5 Å². The summed E-state index contributed by atoms with van der Waals surface area (Å²) in [7, 11) is 0. The second kappa shape index (κ2) is 6.36. The van der Waals surface area contributed by atoms with Crippen LogP contribution in [0.15, 0.2) is 41.8 Å². The number of carbonyl (C=O) groups excluding carboxylic acids is 1. The number of phenolic OH excluding ortho intramolecular Hbond substituents is 1. The monoisotopic (exact) mass is 309 g/mol. The molecule has 0 bridgehead atoms. The third-order valence-corrected chi connectivity index (χ3v) is 2.86. The summed E-state index contributed by atoms with van der Waals surface area (Å²) in [6.07, 6.45) is 4.23. The lowest BCUT2D eigenvalue weighted by molar-refractivity contribution is 0.0954. The molecular formula is C13H9Cl2N3O2. The van der Waals surface area contributed by atoms with Gasteiger partial charge in [-0.1, -0.05) is 23.2 Å². The summed E-state index contributed by atoms with van der Waals surface area (Å²) >= 11 is 11.6. The molecule has 0 atom stereocenters. The fourth-order valence-electron chi connectivity index (χ4n) is 1.41. The Kier molecular flexibility index (Phi) is 4.55. The quantitative estimate of drug-likeness (QED) is 0.676. The number of nitrogens with zero attached hydrogens (tertiary/aromatic N) is 2. The Labute approximate surface area is 124 Å². The van der Waals surface area contributed by atoms with E-state index in [4.69, 9.17) is 23.2 Å². The highest BCUT2D eigenvalue weighted by Crippen LogP contribution is 2.29. The fraction of sp³-hybridized carbons (Fsp3) is 0. The zero-order valence-electron chi connectivity index (χ0n) is 10.0. The standard InChI is InChI=1S/C13H9Cl2N3O2/c14-10-4-9(12(19)11(15)5-10)7-17-18-13(20)8-2-1-3-16-6-8/h1-7,19H,(H,18,20)/b17-7+. The molecule has 20 heavy (non-hydrogen) atoms. The van der Waals surface area contributed by atoms with Crippen LogP contribution in [0.25, 0.3) is 0 Å². The minimum absolute atomic E-state index is 0.109. The molecular weight excluding hydrogens is 301 g/mol. The second-order valence-corrected chi connectivity index (χ2v) is 4.61. The lowest BCUT2D eigenvalue weighted by atomic mass is 10.2. The third kappa shape index (κ3) is 3.46. The van der Waals surface area contributed by atoms with E-state index < -0.39 is 5.91 Å². The van der Waals surface area contributed by atoms with E-state index in [1.165, 1.54) is 24.5 Å². The first-order valence-corrected chi connectivity index (χ1v) is 6.25. The van der Waals surface area contributed by atoms with Crippen LogP contribution >= 0.6 is 23.2 Å². The molecule has 5 nitrogen and oxygen atoms in total. The van der Waals surface area contributed by atoms with Gasteiger partial charge in [0.05, 0.1) is 16.8 Å². The van der Waals surface area contributed by atoms with Gasteiger partial charge in [-0.25, -0.2) is 5.43 Å². The van der Waals surface area contributed by atoms with Crippen molar-refractivity contribution in [3.8, 4) is 5.75 Å². The predicted molar refractivity (Wildman–Crippen MR) is 77.4 cm³/mol. The van der Waals surface area contributed by atoms with Crippen LogP contribution in [0.3, 0.4) is 0 Å². The molecule has 1 heterocycles. The molecule has 2 N–H and O–H groups in total. The number of rotatable bonds is 3. The first-order chi connectivity index (χ1) is 9.58. The molecule has 0 aliphatic heterocycles. The molecule has 7 heteroatoms. The number of nitrogens with one attached hydrogen (secondary N) is 1. The number of pyridine rings is 1. The number of halogens is 2. The highest BCUT2D eigenvalue weighted by molar-refractivity contribution is 6.36. The minimum atomic E-state index is -0.415. The molecule has 0 radical (unpaired) electrons. The Hall–Kier alpha value is -2.11. The van der Waals surface area contributed by atoms with E-state index in [0.29, 0.717) is 16.1 Å². The van der Waals surface area contributed by atoms with Crippen LogP contribution in [0.2, 0.25) is 10.0 Å². The number of carbonyl (C=O) groups is 1. The van der Waals surface area contributed by atoms with Gasteiger partial charge in [-0.2, -0.15) is 5.10 Å². The van der Waals surface area contributed by atoms with Crippen molar-refractivity contribution in [3.05, 3.63) is 57.8 Å². The van der Waals surface area contributed by atoms with Gasteiger partial charge >= 0.3 is 0 Å². The van der Waals surface area contributed by atoms with Crippen molar-refractivity contribution in [1.29, 1.82) is 0 Å². The second-order valence-electron chi connectivity index (χ2n) is 3.77. The van der Waals surface area contributed by atoms with Crippen LogP contribution in [-0.4, -0.2) is 22.2 Å². The van der Waals surface area contributed by atoms with Crippen molar-refractivity contribution in [3.63, 3.8) is 0 Å². The normalized spacial score (nSPS) is 10.7. The van der Waals surface area contributed by atoms with Gasteiger partial charge in [-0.3, -0.25) is 9.78 Å². The summed E-state index contributed by atoms with van der Waals surface area (Å²) in [5.74, 6) is -0.572. The van der Waals surface area contributed by atoms with Gasteiger partial charge in [-0.15, -0.1) is 0 Å². The number of aromatic hydroxyl groups is 1. The fourth-order valence-corrected chi connectivity index (χ4v) is 1.92. The average Bonchev–Trinajstić information content (AvgIpc) is 2.44. The maximum Gasteiger partial charge on any atom is 0.272 e. The molecule has 1 aromatic heterocycles. The van der Waals surface area contributed by atoms with Gasteiger partial charge in [0.1, 0.15) is 5.75 Å². The van der Waals surface area contributed by atoms with E-state index in [1.807, 2.05) is 0 Å². The molecule has 2 aromatic rings. The van der Waals surface area contributed by atoms with Crippen molar-refractivity contribution in [2.24, 2.45) is 5.10 Å².